The number of nitrogens with two attached hydrogens (primary N) is 1. The number of aliphatic imine (C=N–C) groups is 1. The fourth-order valence-corrected chi connectivity index (χ4v) is 8.75. The number of likely N-dealkylation sites (N-methyl/N-ethyl adjacent to an activating group) is 1. The predicted octanol–water partition coefficient (Wildman–Crippen LogP) is 6.08. The number of methoxy groups -OCH3 is 1. The molecule has 11 nitrogen and oxygen atoms in total. The average Bonchev–Trinajstić information content (AvgIpc) is 3.35. The first kappa shape index (κ1) is 38.3. The number of fused-ring (bicyclic) bond motifs is 5. The van der Waals surface area contributed by atoms with E-state index in [0.29, 0.717) is 49.1 Å². The van der Waals surface area contributed by atoms with Gasteiger partial charge in [-0.25, -0.2) is 13.1 Å². The second-order valence-electron chi connectivity index (χ2n) is 15.0. The number of carbonyl (C=O) groups excluding carboxylic acids is 2. The van der Waals surface area contributed by atoms with Gasteiger partial charge in [-0.15, -0.1) is 0 Å². The summed E-state index contributed by atoms with van der Waals surface area (Å²) in [5.41, 5.74) is 13.3. The highest BCUT2D eigenvalue weighted by Crippen LogP contribution is 2.47. The quantitative estimate of drug-likeness (QED) is 0.200. The molecule has 1 aliphatic carbocycles. The van der Waals surface area contributed by atoms with Gasteiger partial charge >= 0.3 is 0 Å². The lowest BCUT2D eigenvalue weighted by Gasteiger charge is -2.42. The van der Waals surface area contributed by atoms with E-state index in [1.165, 1.54) is 32.0 Å². The van der Waals surface area contributed by atoms with Gasteiger partial charge < -0.3 is 19.9 Å². The summed E-state index contributed by atoms with van der Waals surface area (Å²) in [6, 6.07) is 11.9. The molecular weight excluding hydrogens is 689 g/mol. The van der Waals surface area contributed by atoms with Crippen molar-refractivity contribution in [2.75, 3.05) is 33.8 Å². The molecule has 6 rings (SSSR count). The van der Waals surface area contributed by atoms with Crippen LogP contribution in [-0.2, 0) is 21.4 Å². The third-order valence-corrected chi connectivity index (χ3v) is 13.0. The molecule has 0 radical (unpaired) electrons. The van der Waals surface area contributed by atoms with Crippen LogP contribution in [0.5, 0.6) is 5.75 Å². The SMILES string of the molecule is CCN=C(C1=Cc2cc(OC)ccc2-c2c(C3CCCCC3)c3ccc(C(=O)NS(=O)(=O)C(C)C)cc3n2C1)C(=CN)C(=O)N1C[C@@H](C)N(C)[C@@H](C)C1. The number of rotatable bonds is 9. The lowest BCUT2D eigenvalue weighted by molar-refractivity contribution is -0.130. The zero-order valence-corrected chi connectivity index (χ0v) is 32.9. The molecule has 2 aromatic carbocycles. The van der Waals surface area contributed by atoms with Gasteiger partial charge in [0.25, 0.3) is 11.8 Å². The van der Waals surface area contributed by atoms with Gasteiger partial charge in [0.05, 0.1) is 35.9 Å². The van der Waals surface area contributed by atoms with E-state index < -0.39 is 21.2 Å². The van der Waals surface area contributed by atoms with Crippen molar-refractivity contribution in [3.05, 3.63) is 70.4 Å². The van der Waals surface area contributed by atoms with E-state index >= 15 is 0 Å². The van der Waals surface area contributed by atoms with Gasteiger partial charge in [0, 0.05) is 59.9 Å². The predicted molar refractivity (Wildman–Crippen MR) is 213 cm³/mol. The van der Waals surface area contributed by atoms with Crippen LogP contribution in [0, 0.1) is 0 Å². The van der Waals surface area contributed by atoms with Crippen LogP contribution in [0.2, 0.25) is 0 Å². The van der Waals surface area contributed by atoms with Gasteiger partial charge in [0.15, 0.2) is 0 Å². The minimum Gasteiger partial charge on any atom is -0.497 e. The Bertz CT molecular complexity index is 2100. The molecule has 1 saturated carbocycles. The zero-order chi connectivity index (χ0) is 38.2. The average molecular weight is 743 g/mol. The number of ether oxygens (including phenoxy) is 1. The molecular formula is C41H54N6O5S. The molecule has 0 bridgehead atoms. The first-order valence-corrected chi connectivity index (χ1v) is 20.4. The second-order valence-corrected chi connectivity index (χ2v) is 17.3. The van der Waals surface area contributed by atoms with E-state index in [2.05, 4.69) is 47.2 Å². The molecule has 3 heterocycles. The van der Waals surface area contributed by atoms with Gasteiger partial charge in [0.2, 0.25) is 10.0 Å². The van der Waals surface area contributed by atoms with E-state index in [9.17, 15) is 18.0 Å². The zero-order valence-electron chi connectivity index (χ0n) is 32.1. The number of piperazine rings is 1. The van der Waals surface area contributed by atoms with Crippen LogP contribution in [0.15, 0.2) is 58.7 Å². The Kier molecular flexibility index (Phi) is 11.2. The number of carbonyl (C=O) groups is 2. The number of benzene rings is 2. The molecule has 12 heteroatoms. The van der Waals surface area contributed by atoms with Crippen LogP contribution in [0.25, 0.3) is 28.2 Å². The van der Waals surface area contributed by atoms with Crippen molar-refractivity contribution in [2.45, 2.75) is 96.5 Å². The molecule has 2 amide bonds. The summed E-state index contributed by atoms with van der Waals surface area (Å²) in [6.45, 7) is 11.2. The maximum Gasteiger partial charge on any atom is 0.264 e. The van der Waals surface area contributed by atoms with Crippen molar-refractivity contribution in [3.63, 3.8) is 0 Å². The summed E-state index contributed by atoms with van der Waals surface area (Å²) in [4.78, 5) is 37.0. The summed E-state index contributed by atoms with van der Waals surface area (Å²) in [5, 5.41) is 0.262. The largest absolute Gasteiger partial charge is 0.497 e. The maximum atomic E-state index is 14.4. The monoisotopic (exact) mass is 742 g/mol. The van der Waals surface area contributed by atoms with Gasteiger partial charge in [-0.3, -0.25) is 19.5 Å². The van der Waals surface area contributed by atoms with Crippen molar-refractivity contribution in [1.29, 1.82) is 0 Å². The number of allylic oxidation sites excluding steroid dienone is 1. The highest BCUT2D eigenvalue weighted by Gasteiger charge is 2.35. The first-order valence-electron chi connectivity index (χ1n) is 18.9. The van der Waals surface area contributed by atoms with Crippen LogP contribution in [0.1, 0.15) is 94.1 Å². The molecule has 3 aliphatic rings. The first-order chi connectivity index (χ1) is 25.3. The van der Waals surface area contributed by atoms with Gasteiger partial charge in [-0.2, -0.15) is 0 Å². The fourth-order valence-electron chi connectivity index (χ4n) is 8.14. The Morgan fingerprint density at radius 3 is 2.38 bits per heavy atom. The van der Waals surface area contributed by atoms with Gasteiger partial charge in [-0.05, 0) is 114 Å². The van der Waals surface area contributed by atoms with Crippen molar-refractivity contribution in [3.8, 4) is 17.0 Å². The van der Waals surface area contributed by atoms with E-state index in [-0.39, 0.29) is 23.6 Å². The molecule has 284 valence electrons. The number of sulfonamides is 1. The van der Waals surface area contributed by atoms with Crippen molar-refractivity contribution >= 4 is 44.5 Å². The smallest absolute Gasteiger partial charge is 0.264 e. The minimum absolute atomic E-state index is 0.159. The Labute approximate surface area is 314 Å². The standard InChI is InChI=1S/C41H54N6O5S/c1-8-43-38(35(21-42)41(49)46-22-26(4)45(6)27(5)23-46)31-18-30-19-32(52-7)15-17-33(30)39-37(28-12-10-9-11-13-28)34-16-14-29(20-36(34)47(39)24-31)40(48)44-53(50,51)25(2)3/h14-21,25-28H,8-13,22-24,42H2,1-7H3,(H,44,48)/t26-,27+. The normalized spacial score (nSPS) is 20.5. The third kappa shape index (κ3) is 7.40. The molecule has 1 aromatic heterocycles. The molecule has 3 aromatic rings. The number of hydrogen-bond donors (Lipinski definition) is 2. The van der Waals surface area contributed by atoms with Gasteiger partial charge in [0.1, 0.15) is 5.75 Å². The molecule has 3 N–H and O–H groups in total. The third-order valence-electron chi connectivity index (χ3n) is 11.3. The highest BCUT2D eigenvalue weighted by atomic mass is 32.2. The topological polar surface area (TPSA) is 139 Å². The molecule has 0 unspecified atom stereocenters. The number of aromatic nitrogens is 1. The number of amides is 2. The lowest BCUT2D eigenvalue weighted by Crippen LogP contribution is -2.57. The summed E-state index contributed by atoms with van der Waals surface area (Å²) in [7, 11) is -0.113. The highest BCUT2D eigenvalue weighted by molar-refractivity contribution is 7.90. The van der Waals surface area contributed by atoms with Crippen molar-refractivity contribution in [1.82, 2.24) is 19.1 Å². The van der Waals surface area contributed by atoms with E-state index in [1.54, 1.807) is 19.2 Å². The maximum absolute atomic E-state index is 14.4. The van der Waals surface area contributed by atoms with Crippen LogP contribution in [-0.4, -0.2) is 91.4 Å². The lowest BCUT2D eigenvalue weighted by atomic mass is 9.81. The molecule has 2 aliphatic heterocycles. The number of nitrogens with zero attached hydrogens (tertiary/aromatic N) is 4. The molecule has 2 fully saturated rings. The van der Waals surface area contributed by atoms with Crippen LogP contribution >= 0.6 is 0 Å². The molecule has 53 heavy (non-hydrogen) atoms. The number of hydrogen-bond acceptors (Lipinski definition) is 8. The number of nitrogens with one attached hydrogen (secondary N) is 1. The Balaban J connectivity index is 1.56. The summed E-state index contributed by atoms with van der Waals surface area (Å²) < 4.78 is 35.7. The Hall–Kier alpha value is -4.42. The summed E-state index contributed by atoms with van der Waals surface area (Å²) >= 11 is 0. The van der Waals surface area contributed by atoms with Crippen LogP contribution in [0.3, 0.4) is 0 Å². The molecule has 2 atom stereocenters. The summed E-state index contributed by atoms with van der Waals surface area (Å²) in [6.07, 6.45) is 9.04. The minimum atomic E-state index is -3.85. The summed E-state index contributed by atoms with van der Waals surface area (Å²) in [5.74, 6) is 0.167. The second kappa shape index (κ2) is 15.5. The molecule has 0 spiro atoms. The van der Waals surface area contributed by atoms with E-state index in [4.69, 9.17) is 15.5 Å². The molecule has 1 saturated heterocycles. The van der Waals surface area contributed by atoms with E-state index in [1.807, 2.05) is 30.0 Å². The van der Waals surface area contributed by atoms with Crippen LogP contribution in [0.4, 0.5) is 0 Å². The van der Waals surface area contributed by atoms with Crippen LogP contribution < -0.4 is 15.2 Å². The van der Waals surface area contributed by atoms with Gasteiger partial charge in [-0.1, -0.05) is 25.3 Å². The van der Waals surface area contributed by atoms with E-state index in [0.717, 1.165) is 59.0 Å². The van der Waals surface area contributed by atoms with Crippen molar-refractivity contribution < 1.29 is 22.7 Å². The fraction of sp³-hybridized carbons (Fsp3) is 0.488. The van der Waals surface area contributed by atoms with Crippen molar-refractivity contribution in [2.24, 2.45) is 10.7 Å². The Morgan fingerprint density at radius 2 is 1.75 bits per heavy atom. The Morgan fingerprint density at radius 1 is 1.06 bits per heavy atom.